The third-order valence-electron chi connectivity index (χ3n) is 3.72. The maximum absolute atomic E-state index is 11.0. The molecule has 0 radical (unpaired) electrons. The topological polar surface area (TPSA) is 77.2 Å². The second-order valence-electron chi connectivity index (χ2n) is 5.77. The van der Waals surface area contributed by atoms with E-state index in [1.54, 1.807) is 35.6 Å². The lowest BCUT2D eigenvalue weighted by atomic mass is 10.2. The molecule has 0 unspecified atom stereocenters. The van der Waals surface area contributed by atoms with Gasteiger partial charge in [0.05, 0.1) is 5.56 Å². The van der Waals surface area contributed by atoms with Crippen LogP contribution in [-0.2, 0) is 4.79 Å². The van der Waals surface area contributed by atoms with Crippen LogP contribution < -0.4 is 10.1 Å². The summed E-state index contributed by atoms with van der Waals surface area (Å²) in [6.07, 6.45) is 0. The van der Waals surface area contributed by atoms with Crippen molar-refractivity contribution in [1.29, 1.82) is 0 Å². The van der Waals surface area contributed by atoms with Gasteiger partial charge in [0.2, 0.25) is 11.7 Å². The molecule has 27 heavy (non-hydrogen) atoms. The fourth-order valence-corrected chi connectivity index (χ4v) is 3.09. The highest BCUT2D eigenvalue weighted by Gasteiger charge is 2.11. The first kappa shape index (κ1) is 17.0. The second kappa shape index (κ2) is 7.43. The highest BCUT2D eigenvalue weighted by molar-refractivity contribution is 7.08. The van der Waals surface area contributed by atoms with E-state index in [9.17, 15) is 4.79 Å². The molecule has 0 atom stereocenters. The maximum atomic E-state index is 11.0. The number of hydrogen-bond donors (Lipinski definition) is 1. The van der Waals surface area contributed by atoms with E-state index in [4.69, 9.17) is 9.26 Å². The summed E-state index contributed by atoms with van der Waals surface area (Å²) in [6.45, 7) is 1.47. The highest BCUT2D eigenvalue weighted by Crippen LogP contribution is 2.27. The van der Waals surface area contributed by atoms with Crippen LogP contribution in [0.3, 0.4) is 0 Å². The zero-order chi connectivity index (χ0) is 18.6. The first-order valence-corrected chi connectivity index (χ1v) is 9.14. The summed E-state index contributed by atoms with van der Waals surface area (Å²) in [5, 5.41) is 10.7. The Balaban J connectivity index is 1.45. The van der Waals surface area contributed by atoms with E-state index >= 15 is 0 Å². The number of carbonyl (C=O) groups excluding carboxylic acids is 1. The van der Waals surface area contributed by atoms with E-state index in [0.29, 0.717) is 23.2 Å². The monoisotopic (exact) mass is 377 g/mol. The number of hydrogen-bond acceptors (Lipinski definition) is 6. The molecule has 0 aliphatic rings. The minimum absolute atomic E-state index is 0.108. The summed E-state index contributed by atoms with van der Waals surface area (Å²) in [4.78, 5) is 15.5. The number of nitrogens with zero attached hydrogens (tertiary/aromatic N) is 2. The molecular weight excluding hydrogens is 362 g/mol. The minimum atomic E-state index is -0.108. The SMILES string of the molecule is CC(=O)Nc1ccc(Oc2ccc(-c3noc(-c4ccsc4)n3)cc2)cc1. The largest absolute Gasteiger partial charge is 0.457 e. The number of carbonyl (C=O) groups is 1. The van der Waals surface area contributed by atoms with E-state index in [0.717, 1.165) is 16.8 Å². The van der Waals surface area contributed by atoms with Crippen molar-refractivity contribution < 1.29 is 14.1 Å². The van der Waals surface area contributed by atoms with Gasteiger partial charge in [-0.15, -0.1) is 0 Å². The molecule has 6 nitrogen and oxygen atoms in total. The molecular formula is C20H15N3O3S. The van der Waals surface area contributed by atoms with Gasteiger partial charge in [0.15, 0.2) is 0 Å². The molecule has 2 aromatic heterocycles. The molecule has 0 aliphatic carbocycles. The molecule has 0 saturated heterocycles. The number of anilines is 1. The molecule has 7 heteroatoms. The van der Waals surface area contributed by atoms with Crippen molar-refractivity contribution in [2.45, 2.75) is 6.92 Å². The summed E-state index contributed by atoms with van der Waals surface area (Å²) in [5.74, 6) is 2.29. The van der Waals surface area contributed by atoms with Crippen LogP contribution in [0, 0.1) is 0 Å². The quantitative estimate of drug-likeness (QED) is 0.516. The van der Waals surface area contributed by atoms with E-state index in [2.05, 4.69) is 15.5 Å². The Morgan fingerprint density at radius 2 is 1.70 bits per heavy atom. The fourth-order valence-electron chi connectivity index (χ4n) is 2.46. The van der Waals surface area contributed by atoms with Crippen LogP contribution in [0.15, 0.2) is 69.9 Å². The third kappa shape index (κ3) is 4.04. The number of benzene rings is 2. The van der Waals surface area contributed by atoms with E-state index in [1.807, 2.05) is 41.1 Å². The zero-order valence-electron chi connectivity index (χ0n) is 14.4. The molecule has 1 N–H and O–H groups in total. The van der Waals surface area contributed by atoms with Gasteiger partial charge in [-0.2, -0.15) is 16.3 Å². The zero-order valence-corrected chi connectivity index (χ0v) is 15.2. The molecule has 1 amide bonds. The van der Waals surface area contributed by atoms with Gasteiger partial charge in [-0.25, -0.2) is 0 Å². The predicted molar refractivity (Wildman–Crippen MR) is 104 cm³/mol. The lowest BCUT2D eigenvalue weighted by molar-refractivity contribution is -0.114. The first-order valence-electron chi connectivity index (χ1n) is 8.19. The van der Waals surface area contributed by atoms with Crippen LogP contribution in [0.25, 0.3) is 22.8 Å². The van der Waals surface area contributed by atoms with Crippen molar-refractivity contribution in [1.82, 2.24) is 10.1 Å². The van der Waals surface area contributed by atoms with Gasteiger partial charge in [-0.1, -0.05) is 5.16 Å². The van der Waals surface area contributed by atoms with Crippen LogP contribution in [0.4, 0.5) is 5.69 Å². The van der Waals surface area contributed by atoms with Crippen molar-refractivity contribution in [3.8, 4) is 34.3 Å². The Bertz CT molecular complexity index is 1040. The average molecular weight is 377 g/mol. The van der Waals surface area contributed by atoms with Gasteiger partial charge >= 0.3 is 0 Å². The van der Waals surface area contributed by atoms with Gasteiger partial charge < -0.3 is 14.6 Å². The Hall–Kier alpha value is -3.45. The molecule has 0 bridgehead atoms. The van der Waals surface area contributed by atoms with Crippen molar-refractivity contribution in [2.24, 2.45) is 0 Å². The summed E-state index contributed by atoms with van der Waals surface area (Å²) in [6, 6.07) is 16.6. The number of aromatic nitrogens is 2. The summed E-state index contributed by atoms with van der Waals surface area (Å²) >= 11 is 1.58. The first-order chi connectivity index (χ1) is 13.2. The molecule has 2 aromatic carbocycles. The van der Waals surface area contributed by atoms with Crippen molar-refractivity contribution in [3.05, 3.63) is 65.4 Å². The Morgan fingerprint density at radius 3 is 2.33 bits per heavy atom. The van der Waals surface area contributed by atoms with Gasteiger partial charge in [0.25, 0.3) is 5.89 Å². The number of nitrogens with one attached hydrogen (secondary N) is 1. The minimum Gasteiger partial charge on any atom is -0.457 e. The van der Waals surface area contributed by atoms with E-state index in [1.165, 1.54) is 6.92 Å². The Kier molecular flexibility index (Phi) is 4.67. The number of ether oxygens (including phenoxy) is 1. The van der Waals surface area contributed by atoms with Crippen molar-refractivity contribution in [3.63, 3.8) is 0 Å². The van der Waals surface area contributed by atoms with Gasteiger partial charge in [0, 0.05) is 23.6 Å². The molecule has 0 saturated carbocycles. The van der Waals surface area contributed by atoms with Crippen molar-refractivity contribution in [2.75, 3.05) is 5.32 Å². The van der Waals surface area contributed by atoms with Crippen LogP contribution in [-0.4, -0.2) is 16.0 Å². The number of thiophene rings is 1. The van der Waals surface area contributed by atoms with E-state index in [-0.39, 0.29) is 5.91 Å². The molecule has 0 spiro atoms. The number of rotatable bonds is 5. The molecule has 0 aliphatic heterocycles. The normalized spacial score (nSPS) is 10.6. The van der Waals surface area contributed by atoms with E-state index < -0.39 is 0 Å². The number of amides is 1. The Labute approximate surface area is 159 Å². The third-order valence-corrected chi connectivity index (χ3v) is 4.40. The molecule has 0 fully saturated rings. The fraction of sp³-hybridized carbons (Fsp3) is 0.0500. The summed E-state index contributed by atoms with van der Waals surface area (Å²) in [7, 11) is 0. The maximum Gasteiger partial charge on any atom is 0.259 e. The highest BCUT2D eigenvalue weighted by atomic mass is 32.1. The van der Waals surface area contributed by atoms with Gasteiger partial charge in [0.1, 0.15) is 11.5 Å². The van der Waals surface area contributed by atoms with Crippen LogP contribution >= 0.6 is 11.3 Å². The lowest BCUT2D eigenvalue weighted by Crippen LogP contribution is -2.05. The van der Waals surface area contributed by atoms with Crippen LogP contribution in [0.5, 0.6) is 11.5 Å². The predicted octanol–water partition coefficient (Wildman–Crippen LogP) is 5.22. The van der Waals surface area contributed by atoms with Crippen LogP contribution in [0.2, 0.25) is 0 Å². The molecule has 134 valence electrons. The summed E-state index contributed by atoms with van der Waals surface area (Å²) < 4.78 is 11.1. The Morgan fingerprint density at radius 1 is 1.00 bits per heavy atom. The lowest BCUT2D eigenvalue weighted by Gasteiger charge is -2.07. The molecule has 4 aromatic rings. The second-order valence-corrected chi connectivity index (χ2v) is 6.55. The van der Waals surface area contributed by atoms with Crippen LogP contribution in [0.1, 0.15) is 6.92 Å². The molecule has 2 heterocycles. The smallest absolute Gasteiger partial charge is 0.259 e. The summed E-state index contributed by atoms with van der Waals surface area (Å²) in [5.41, 5.74) is 2.48. The molecule has 4 rings (SSSR count). The standard InChI is InChI=1S/C20H15N3O3S/c1-13(24)21-16-4-8-18(9-5-16)25-17-6-2-14(3-7-17)19-22-20(26-23-19)15-10-11-27-12-15/h2-12H,1H3,(H,21,24). The van der Waals surface area contributed by atoms with Gasteiger partial charge in [-0.05, 0) is 60.0 Å². The average Bonchev–Trinajstić information content (AvgIpc) is 3.35. The van der Waals surface area contributed by atoms with Crippen molar-refractivity contribution >= 4 is 22.9 Å². The van der Waals surface area contributed by atoms with Gasteiger partial charge in [-0.3, -0.25) is 4.79 Å².